The van der Waals surface area contributed by atoms with E-state index in [9.17, 15) is 14.7 Å². The van der Waals surface area contributed by atoms with Crippen LogP contribution in [0.15, 0.2) is 35.3 Å². The molecule has 1 amide bonds. The Bertz CT molecular complexity index is 724. The molecule has 7 heteroatoms. The third-order valence-corrected chi connectivity index (χ3v) is 2.80. The van der Waals surface area contributed by atoms with Gasteiger partial charge >= 0.3 is 0 Å². The van der Waals surface area contributed by atoms with Crippen LogP contribution in [0.3, 0.4) is 0 Å². The lowest BCUT2D eigenvalue weighted by Gasteiger charge is -2.12. The minimum atomic E-state index is -0.588. The molecule has 110 valence electrons. The lowest BCUT2D eigenvalue weighted by atomic mass is 10.2. The molecular weight excluding hydrogens is 276 g/mol. The fourth-order valence-corrected chi connectivity index (χ4v) is 1.74. The SMILES string of the molecule is COc1ccc(OC)c(NC(=O)c2c[nH]c(=O)cc2O)c1. The van der Waals surface area contributed by atoms with Crippen LogP contribution in [0.1, 0.15) is 10.4 Å². The minimum Gasteiger partial charge on any atom is -0.507 e. The highest BCUT2D eigenvalue weighted by atomic mass is 16.5. The first-order valence-corrected chi connectivity index (χ1v) is 6.00. The number of hydrogen-bond donors (Lipinski definition) is 3. The van der Waals surface area contributed by atoms with E-state index in [-0.39, 0.29) is 5.56 Å². The first kappa shape index (κ1) is 14.4. The Labute approximate surface area is 120 Å². The van der Waals surface area contributed by atoms with E-state index in [4.69, 9.17) is 9.47 Å². The van der Waals surface area contributed by atoms with Gasteiger partial charge in [-0.2, -0.15) is 0 Å². The molecule has 2 aromatic rings. The zero-order valence-corrected chi connectivity index (χ0v) is 11.5. The molecule has 0 aliphatic heterocycles. The molecule has 0 saturated heterocycles. The van der Waals surface area contributed by atoms with E-state index in [2.05, 4.69) is 10.3 Å². The number of aromatic hydroxyl groups is 1. The summed E-state index contributed by atoms with van der Waals surface area (Å²) < 4.78 is 10.2. The Kier molecular flexibility index (Phi) is 4.13. The molecule has 1 heterocycles. The van der Waals surface area contributed by atoms with Crippen molar-refractivity contribution >= 4 is 11.6 Å². The fourth-order valence-electron chi connectivity index (χ4n) is 1.74. The van der Waals surface area contributed by atoms with Gasteiger partial charge in [0, 0.05) is 18.3 Å². The number of methoxy groups -OCH3 is 2. The van der Waals surface area contributed by atoms with E-state index < -0.39 is 17.2 Å². The molecule has 0 atom stereocenters. The summed E-state index contributed by atoms with van der Waals surface area (Å²) in [5.41, 5.74) is -0.171. The molecule has 0 fully saturated rings. The van der Waals surface area contributed by atoms with Gasteiger partial charge in [0.2, 0.25) is 0 Å². The topological polar surface area (TPSA) is 101 Å². The third-order valence-electron chi connectivity index (χ3n) is 2.80. The second-order valence-electron chi connectivity index (χ2n) is 4.12. The summed E-state index contributed by atoms with van der Waals surface area (Å²) in [4.78, 5) is 25.5. The van der Waals surface area contributed by atoms with Gasteiger partial charge in [0.1, 0.15) is 17.2 Å². The molecule has 2 rings (SSSR count). The molecule has 0 radical (unpaired) electrons. The number of H-pyrrole nitrogens is 1. The summed E-state index contributed by atoms with van der Waals surface area (Å²) in [6.07, 6.45) is 1.14. The van der Waals surface area contributed by atoms with Crippen LogP contribution in [0.5, 0.6) is 17.2 Å². The largest absolute Gasteiger partial charge is 0.507 e. The maximum atomic E-state index is 12.1. The number of rotatable bonds is 4. The minimum absolute atomic E-state index is 0.0560. The third kappa shape index (κ3) is 3.14. The number of aromatic amines is 1. The molecule has 1 aromatic heterocycles. The van der Waals surface area contributed by atoms with E-state index in [1.54, 1.807) is 18.2 Å². The second-order valence-corrected chi connectivity index (χ2v) is 4.12. The van der Waals surface area contributed by atoms with E-state index in [1.807, 2.05) is 0 Å². The summed E-state index contributed by atoms with van der Waals surface area (Å²) in [6.45, 7) is 0. The summed E-state index contributed by atoms with van der Waals surface area (Å²) in [5.74, 6) is -0.0155. The summed E-state index contributed by atoms with van der Waals surface area (Å²) in [7, 11) is 2.97. The Morgan fingerprint density at radius 2 is 2.00 bits per heavy atom. The van der Waals surface area contributed by atoms with Gasteiger partial charge in [-0.05, 0) is 12.1 Å². The normalized spacial score (nSPS) is 10.0. The van der Waals surface area contributed by atoms with Gasteiger partial charge in [-0.15, -0.1) is 0 Å². The maximum Gasteiger partial charge on any atom is 0.261 e. The lowest BCUT2D eigenvalue weighted by molar-refractivity contribution is 0.102. The molecular formula is C14H14N2O5. The van der Waals surface area contributed by atoms with Crippen LogP contribution in [0.25, 0.3) is 0 Å². The number of pyridine rings is 1. The van der Waals surface area contributed by atoms with Gasteiger partial charge in [0.05, 0.1) is 25.5 Å². The quantitative estimate of drug-likeness (QED) is 0.789. The van der Waals surface area contributed by atoms with Crippen LogP contribution in [0.4, 0.5) is 5.69 Å². The molecule has 0 bridgehead atoms. The number of amides is 1. The first-order chi connectivity index (χ1) is 10.0. The first-order valence-electron chi connectivity index (χ1n) is 6.00. The van der Waals surface area contributed by atoms with Gasteiger partial charge in [-0.25, -0.2) is 0 Å². The molecule has 0 saturated carbocycles. The average molecular weight is 290 g/mol. The maximum absolute atomic E-state index is 12.1. The zero-order chi connectivity index (χ0) is 15.4. The zero-order valence-electron chi connectivity index (χ0n) is 11.5. The Morgan fingerprint density at radius 1 is 1.24 bits per heavy atom. The molecule has 21 heavy (non-hydrogen) atoms. The molecule has 0 aliphatic carbocycles. The summed E-state index contributed by atoms with van der Waals surface area (Å²) in [5, 5.41) is 12.2. The highest BCUT2D eigenvalue weighted by molar-refractivity contribution is 6.06. The Hall–Kier alpha value is -2.96. The van der Waals surface area contributed by atoms with Gasteiger partial charge in [-0.3, -0.25) is 9.59 Å². The van der Waals surface area contributed by atoms with Crippen molar-refractivity contribution in [1.82, 2.24) is 4.98 Å². The number of aromatic nitrogens is 1. The van der Waals surface area contributed by atoms with Gasteiger partial charge in [0.15, 0.2) is 0 Å². The van der Waals surface area contributed by atoms with Crippen LogP contribution in [0.2, 0.25) is 0 Å². The predicted molar refractivity (Wildman–Crippen MR) is 76.2 cm³/mol. The van der Waals surface area contributed by atoms with Gasteiger partial charge in [0.25, 0.3) is 11.5 Å². The molecule has 3 N–H and O–H groups in total. The Morgan fingerprint density at radius 3 is 2.62 bits per heavy atom. The van der Waals surface area contributed by atoms with E-state index in [0.29, 0.717) is 17.2 Å². The number of hydrogen-bond acceptors (Lipinski definition) is 5. The van der Waals surface area contributed by atoms with Crippen molar-refractivity contribution in [1.29, 1.82) is 0 Å². The van der Waals surface area contributed by atoms with E-state index in [0.717, 1.165) is 12.3 Å². The number of ether oxygens (including phenoxy) is 2. The second kappa shape index (κ2) is 6.00. The van der Waals surface area contributed by atoms with E-state index >= 15 is 0 Å². The van der Waals surface area contributed by atoms with Gasteiger partial charge in [-0.1, -0.05) is 0 Å². The number of carbonyl (C=O) groups is 1. The molecule has 1 aromatic carbocycles. The fraction of sp³-hybridized carbons (Fsp3) is 0.143. The van der Waals surface area contributed by atoms with Crippen molar-refractivity contribution in [2.24, 2.45) is 0 Å². The summed E-state index contributed by atoms with van der Waals surface area (Å²) >= 11 is 0. The molecule has 0 aliphatic rings. The van der Waals surface area contributed by atoms with Crippen molar-refractivity contribution in [2.45, 2.75) is 0 Å². The van der Waals surface area contributed by atoms with Crippen molar-refractivity contribution in [3.05, 3.63) is 46.4 Å². The van der Waals surface area contributed by atoms with Gasteiger partial charge < -0.3 is 24.9 Å². The van der Waals surface area contributed by atoms with Crippen LogP contribution in [0, 0.1) is 0 Å². The van der Waals surface area contributed by atoms with Crippen LogP contribution >= 0.6 is 0 Å². The number of anilines is 1. The van der Waals surface area contributed by atoms with Crippen molar-refractivity contribution in [3.63, 3.8) is 0 Å². The number of benzene rings is 1. The number of carbonyl (C=O) groups excluding carboxylic acids is 1. The van der Waals surface area contributed by atoms with Crippen LogP contribution in [-0.2, 0) is 0 Å². The average Bonchev–Trinajstić information content (AvgIpc) is 2.46. The molecule has 0 unspecified atom stereocenters. The molecule has 0 spiro atoms. The standard InChI is InChI=1S/C14H14N2O5/c1-20-8-3-4-12(21-2)10(5-8)16-14(19)9-7-15-13(18)6-11(9)17/h3-7H,1-2H3,(H,16,19)(H2,15,17,18). The highest BCUT2D eigenvalue weighted by Crippen LogP contribution is 2.29. The van der Waals surface area contributed by atoms with Crippen molar-refractivity contribution < 1.29 is 19.4 Å². The Balaban J connectivity index is 2.32. The number of nitrogens with one attached hydrogen (secondary N) is 2. The highest BCUT2D eigenvalue weighted by Gasteiger charge is 2.14. The van der Waals surface area contributed by atoms with Crippen molar-refractivity contribution in [2.75, 3.05) is 19.5 Å². The predicted octanol–water partition coefficient (Wildman–Crippen LogP) is 1.35. The smallest absolute Gasteiger partial charge is 0.261 e. The van der Waals surface area contributed by atoms with E-state index in [1.165, 1.54) is 14.2 Å². The summed E-state index contributed by atoms with van der Waals surface area (Å²) in [6, 6.07) is 5.84. The lowest BCUT2D eigenvalue weighted by Crippen LogP contribution is -2.15. The monoisotopic (exact) mass is 290 g/mol. The van der Waals surface area contributed by atoms with Crippen molar-refractivity contribution in [3.8, 4) is 17.2 Å². The molecule has 7 nitrogen and oxygen atoms in total. The van der Waals surface area contributed by atoms with Crippen LogP contribution in [-0.4, -0.2) is 30.2 Å². The van der Waals surface area contributed by atoms with Crippen LogP contribution < -0.4 is 20.3 Å².